The Morgan fingerprint density at radius 2 is 1.89 bits per heavy atom. The molecule has 0 bridgehead atoms. The Morgan fingerprint density at radius 3 is 2.37 bits per heavy atom. The minimum atomic E-state index is -0.371. The monoisotopic (exact) mass is 261 g/mol. The van der Waals surface area contributed by atoms with Gasteiger partial charge in [-0.15, -0.1) is 0 Å². The van der Waals surface area contributed by atoms with Crippen molar-refractivity contribution in [1.29, 1.82) is 0 Å². The maximum Gasteiger partial charge on any atom is 0.248 e. The number of amides is 1. The van der Waals surface area contributed by atoms with Gasteiger partial charge in [-0.3, -0.25) is 9.69 Å². The van der Waals surface area contributed by atoms with Gasteiger partial charge in [-0.2, -0.15) is 0 Å². The van der Waals surface area contributed by atoms with Gasteiger partial charge in [0.1, 0.15) is 0 Å². The van der Waals surface area contributed by atoms with Crippen LogP contribution in [0.4, 0.5) is 0 Å². The number of likely N-dealkylation sites (tertiary alicyclic amines) is 1. The normalized spacial score (nSPS) is 19.3. The average Bonchev–Trinajstić information content (AvgIpc) is 2.40. The minimum absolute atomic E-state index is 0.303. The van der Waals surface area contributed by atoms with Crippen molar-refractivity contribution in [2.75, 3.05) is 13.1 Å². The lowest BCUT2D eigenvalue weighted by atomic mass is 9.91. The molecule has 104 valence electrons. The van der Waals surface area contributed by atoms with Crippen molar-refractivity contribution in [2.45, 2.75) is 32.4 Å². The summed E-state index contributed by atoms with van der Waals surface area (Å²) in [5.74, 6) is 0.290. The van der Waals surface area contributed by atoms with Crippen LogP contribution in [0.3, 0.4) is 0 Å². The molecule has 0 saturated carbocycles. The number of carbonyl (C=O) groups is 1. The van der Waals surface area contributed by atoms with Crippen molar-refractivity contribution in [2.24, 2.45) is 17.4 Å². The van der Waals surface area contributed by atoms with Gasteiger partial charge in [0.2, 0.25) is 5.91 Å². The molecule has 4 N–H and O–H groups in total. The predicted molar refractivity (Wildman–Crippen MR) is 76.6 cm³/mol. The Morgan fingerprint density at radius 1 is 1.32 bits per heavy atom. The second-order valence-electron chi connectivity index (χ2n) is 5.53. The lowest BCUT2D eigenvalue weighted by molar-refractivity contribution is 0.100. The predicted octanol–water partition coefficient (Wildman–Crippen LogP) is 1.34. The Balaban J connectivity index is 1.87. The Labute approximate surface area is 114 Å². The molecule has 1 heterocycles. The summed E-state index contributed by atoms with van der Waals surface area (Å²) in [6.45, 7) is 5.24. The van der Waals surface area contributed by atoms with Gasteiger partial charge in [0.05, 0.1) is 0 Å². The number of carbonyl (C=O) groups excluding carboxylic acids is 1. The highest BCUT2D eigenvalue weighted by Crippen LogP contribution is 2.21. The Bertz CT molecular complexity index is 420. The van der Waals surface area contributed by atoms with E-state index in [1.165, 1.54) is 18.4 Å². The van der Waals surface area contributed by atoms with Crippen LogP contribution < -0.4 is 11.5 Å². The third-order valence-corrected chi connectivity index (χ3v) is 4.02. The number of nitrogens with two attached hydrogens (primary N) is 2. The van der Waals surface area contributed by atoms with E-state index >= 15 is 0 Å². The van der Waals surface area contributed by atoms with Gasteiger partial charge in [0.25, 0.3) is 0 Å². The summed E-state index contributed by atoms with van der Waals surface area (Å²) in [7, 11) is 0. The number of piperidine rings is 1. The molecule has 19 heavy (non-hydrogen) atoms. The molecule has 4 heteroatoms. The zero-order valence-corrected chi connectivity index (χ0v) is 11.5. The molecular weight excluding hydrogens is 238 g/mol. The molecule has 1 atom stereocenters. The first-order chi connectivity index (χ1) is 9.06. The van der Waals surface area contributed by atoms with E-state index in [1.807, 2.05) is 12.1 Å². The molecule has 2 rings (SSSR count). The summed E-state index contributed by atoms with van der Waals surface area (Å²) in [5.41, 5.74) is 13.0. The molecule has 1 unspecified atom stereocenters. The molecule has 1 aliphatic heterocycles. The Kier molecular flexibility index (Phi) is 4.56. The zero-order chi connectivity index (χ0) is 13.8. The fraction of sp³-hybridized carbons (Fsp3) is 0.533. The van der Waals surface area contributed by atoms with E-state index in [0.29, 0.717) is 17.5 Å². The second-order valence-corrected chi connectivity index (χ2v) is 5.53. The topological polar surface area (TPSA) is 72.3 Å². The van der Waals surface area contributed by atoms with Crippen molar-refractivity contribution in [3.05, 3.63) is 35.4 Å². The van der Waals surface area contributed by atoms with Crippen molar-refractivity contribution < 1.29 is 4.79 Å². The summed E-state index contributed by atoms with van der Waals surface area (Å²) < 4.78 is 0. The summed E-state index contributed by atoms with van der Waals surface area (Å²) >= 11 is 0. The molecule has 0 aromatic heterocycles. The number of hydrogen-bond donors (Lipinski definition) is 2. The van der Waals surface area contributed by atoms with Crippen LogP contribution in [-0.2, 0) is 6.54 Å². The van der Waals surface area contributed by atoms with Crippen molar-refractivity contribution in [1.82, 2.24) is 4.90 Å². The highest BCUT2D eigenvalue weighted by molar-refractivity contribution is 5.92. The van der Waals surface area contributed by atoms with Crippen molar-refractivity contribution in [3.8, 4) is 0 Å². The molecule has 1 amide bonds. The van der Waals surface area contributed by atoms with Crippen LogP contribution >= 0.6 is 0 Å². The molecule has 1 saturated heterocycles. The molecule has 0 aliphatic carbocycles. The van der Waals surface area contributed by atoms with Crippen LogP contribution in [0.1, 0.15) is 35.7 Å². The number of nitrogens with zero attached hydrogens (tertiary/aromatic N) is 1. The number of hydrogen-bond acceptors (Lipinski definition) is 3. The highest BCUT2D eigenvalue weighted by atomic mass is 16.1. The van der Waals surface area contributed by atoms with E-state index in [4.69, 9.17) is 11.5 Å². The standard InChI is InChI=1S/C15H23N3O/c1-11(16)13-6-8-18(9-7-13)10-12-2-4-14(5-3-12)15(17)19/h2-5,11,13H,6-10,16H2,1H3,(H2,17,19). The van der Waals surface area contributed by atoms with E-state index in [0.717, 1.165) is 19.6 Å². The van der Waals surface area contributed by atoms with Gasteiger partial charge in [-0.05, 0) is 56.5 Å². The van der Waals surface area contributed by atoms with Crippen LogP contribution in [0.5, 0.6) is 0 Å². The molecule has 1 aromatic rings. The van der Waals surface area contributed by atoms with Gasteiger partial charge < -0.3 is 11.5 Å². The van der Waals surface area contributed by atoms with Crippen LogP contribution in [-0.4, -0.2) is 29.9 Å². The van der Waals surface area contributed by atoms with Crippen molar-refractivity contribution >= 4 is 5.91 Å². The van der Waals surface area contributed by atoms with E-state index in [9.17, 15) is 4.79 Å². The van der Waals surface area contributed by atoms with Gasteiger partial charge in [-0.1, -0.05) is 12.1 Å². The van der Waals surface area contributed by atoms with Crippen LogP contribution in [0.25, 0.3) is 0 Å². The van der Waals surface area contributed by atoms with Gasteiger partial charge in [-0.25, -0.2) is 0 Å². The van der Waals surface area contributed by atoms with Crippen LogP contribution in [0.2, 0.25) is 0 Å². The molecule has 0 radical (unpaired) electrons. The number of benzene rings is 1. The first-order valence-corrected chi connectivity index (χ1v) is 6.93. The maximum atomic E-state index is 11.0. The van der Waals surface area contributed by atoms with Gasteiger partial charge in [0, 0.05) is 18.2 Å². The average molecular weight is 261 g/mol. The van der Waals surface area contributed by atoms with Crippen LogP contribution in [0.15, 0.2) is 24.3 Å². The van der Waals surface area contributed by atoms with Crippen LogP contribution in [0, 0.1) is 5.92 Å². The summed E-state index contributed by atoms with van der Waals surface area (Å²) in [6.07, 6.45) is 2.36. The van der Waals surface area contributed by atoms with E-state index in [-0.39, 0.29) is 5.91 Å². The second kappa shape index (κ2) is 6.17. The maximum absolute atomic E-state index is 11.0. The zero-order valence-electron chi connectivity index (χ0n) is 11.5. The third-order valence-electron chi connectivity index (χ3n) is 4.02. The lowest BCUT2D eigenvalue weighted by Gasteiger charge is -2.33. The smallest absolute Gasteiger partial charge is 0.248 e. The largest absolute Gasteiger partial charge is 0.366 e. The van der Waals surface area contributed by atoms with Gasteiger partial charge in [0.15, 0.2) is 0 Å². The van der Waals surface area contributed by atoms with E-state index in [2.05, 4.69) is 11.8 Å². The van der Waals surface area contributed by atoms with E-state index in [1.54, 1.807) is 12.1 Å². The quantitative estimate of drug-likeness (QED) is 0.859. The molecular formula is C15H23N3O. The first-order valence-electron chi connectivity index (χ1n) is 6.93. The molecule has 1 aliphatic rings. The van der Waals surface area contributed by atoms with Gasteiger partial charge >= 0.3 is 0 Å². The third kappa shape index (κ3) is 3.78. The summed E-state index contributed by atoms with van der Waals surface area (Å²) in [6, 6.07) is 7.87. The van der Waals surface area contributed by atoms with Crippen molar-refractivity contribution in [3.63, 3.8) is 0 Å². The summed E-state index contributed by atoms with van der Waals surface area (Å²) in [4.78, 5) is 13.4. The molecule has 1 aromatic carbocycles. The minimum Gasteiger partial charge on any atom is -0.366 e. The fourth-order valence-corrected chi connectivity index (χ4v) is 2.67. The number of rotatable bonds is 4. The molecule has 4 nitrogen and oxygen atoms in total. The lowest BCUT2D eigenvalue weighted by Crippen LogP contribution is -2.39. The highest BCUT2D eigenvalue weighted by Gasteiger charge is 2.21. The SMILES string of the molecule is CC(N)C1CCN(Cc2ccc(C(N)=O)cc2)CC1. The first kappa shape index (κ1) is 14.0. The fourth-order valence-electron chi connectivity index (χ4n) is 2.67. The molecule has 1 fully saturated rings. The number of primary amides is 1. The summed E-state index contributed by atoms with van der Waals surface area (Å²) in [5, 5.41) is 0. The van der Waals surface area contributed by atoms with E-state index < -0.39 is 0 Å². The molecule has 0 spiro atoms. The Hall–Kier alpha value is -1.39.